The van der Waals surface area contributed by atoms with Crippen molar-refractivity contribution in [2.24, 2.45) is 0 Å². The van der Waals surface area contributed by atoms with Crippen LogP contribution in [-0.2, 0) is 6.54 Å². The summed E-state index contributed by atoms with van der Waals surface area (Å²) < 4.78 is 13.6. The SMILES string of the molecule is CCNCc1ccc(F)c(-c2cccs2)c1. The molecule has 1 aromatic carbocycles. The summed E-state index contributed by atoms with van der Waals surface area (Å²) in [7, 11) is 0. The molecule has 0 fully saturated rings. The zero-order valence-electron chi connectivity index (χ0n) is 9.16. The first-order valence-corrected chi connectivity index (χ1v) is 6.22. The Kier molecular flexibility index (Phi) is 3.70. The predicted octanol–water partition coefficient (Wildman–Crippen LogP) is 3.66. The maximum Gasteiger partial charge on any atom is 0.131 e. The van der Waals surface area contributed by atoms with Crippen LogP contribution in [0.25, 0.3) is 10.4 Å². The van der Waals surface area contributed by atoms with Gasteiger partial charge in [0.05, 0.1) is 0 Å². The minimum absolute atomic E-state index is 0.150. The van der Waals surface area contributed by atoms with Crippen molar-refractivity contribution in [3.8, 4) is 10.4 Å². The molecule has 1 aromatic heterocycles. The number of hydrogen-bond acceptors (Lipinski definition) is 2. The lowest BCUT2D eigenvalue weighted by molar-refractivity contribution is 0.629. The van der Waals surface area contributed by atoms with Crippen molar-refractivity contribution in [1.82, 2.24) is 5.32 Å². The number of benzene rings is 1. The monoisotopic (exact) mass is 235 g/mol. The highest BCUT2D eigenvalue weighted by molar-refractivity contribution is 7.13. The number of nitrogens with one attached hydrogen (secondary N) is 1. The molecule has 0 saturated heterocycles. The van der Waals surface area contributed by atoms with Crippen LogP contribution in [0.5, 0.6) is 0 Å². The molecule has 0 aliphatic carbocycles. The fraction of sp³-hybridized carbons (Fsp3) is 0.231. The first-order valence-electron chi connectivity index (χ1n) is 5.34. The van der Waals surface area contributed by atoms with E-state index in [9.17, 15) is 4.39 Å². The number of thiophene rings is 1. The standard InChI is InChI=1S/C13H14FNS/c1-2-15-9-10-5-6-12(14)11(8-10)13-4-3-7-16-13/h3-8,15H,2,9H2,1H3. The van der Waals surface area contributed by atoms with Crippen molar-refractivity contribution in [3.05, 3.63) is 47.1 Å². The van der Waals surface area contributed by atoms with E-state index in [1.807, 2.05) is 29.6 Å². The Bertz CT molecular complexity index is 451. The molecule has 1 nitrogen and oxygen atoms in total. The molecule has 0 radical (unpaired) electrons. The third kappa shape index (κ3) is 2.49. The molecule has 0 unspecified atom stereocenters. The van der Waals surface area contributed by atoms with E-state index in [4.69, 9.17) is 0 Å². The zero-order valence-corrected chi connectivity index (χ0v) is 9.98. The largest absolute Gasteiger partial charge is 0.313 e. The first kappa shape index (κ1) is 11.3. The first-order chi connectivity index (χ1) is 7.81. The summed E-state index contributed by atoms with van der Waals surface area (Å²) in [4.78, 5) is 0.982. The summed E-state index contributed by atoms with van der Waals surface area (Å²) in [6.07, 6.45) is 0. The van der Waals surface area contributed by atoms with Crippen molar-refractivity contribution in [3.63, 3.8) is 0 Å². The van der Waals surface area contributed by atoms with Gasteiger partial charge in [-0.1, -0.05) is 19.1 Å². The lowest BCUT2D eigenvalue weighted by atomic mass is 10.1. The number of hydrogen-bond donors (Lipinski definition) is 1. The summed E-state index contributed by atoms with van der Waals surface area (Å²) >= 11 is 1.56. The third-order valence-corrected chi connectivity index (χ3v) is 3.30. The maximum atomic E-state index is 13.6. The van der Waals surface area contributed by atoms with E-state index >= 15 is 0 Å². The Hall–Kier alpha value is -1.19. The van der Waals surface area contributed by atoms with E-state index in [1.54, 1.807) is 17.4 Å². The van der Waals surface area contributed by atoms with Gasteiger partial charge in [0.15, 0.2) is 0 Å². The molecular formula is C13H14FNS. The molecule has 0 spiro atoms. The molecule has 0 bridgehead atoms. The Balaban J connectivity index is 2.30. The van der Waals surface area contributed by atoms with Gasteiger partial charge in [0.25, 0.3) is 0 Å². The summed E-state index contributed by atoms with van der Waals surface area (Å²) in [5, 5.41) is 5.20. The molecule has 0 aliphatic heterocycles. The van der Waals surface area contributed by atoms with E-state index in [1.165, 1.54) is 0 Å². The third-order valence-electron chi connectivity index (χ3n) is 2.40. The van der Waals surface area contributed by atoms with Gasteiger partial charge < -0.3 is 5.32 Å². The zero-order chi connectivity index (χ0) is 11.4. The molecular weight excluding hydrogens is 221 g/mol. The topological polar surface area (TPSA) is 12.0 Å². The molecule has 16 heavy (non-hydrogen) atoms. The second kappa shape index (κ2) is 5.23. The smallest absolute Gasteiger partial charge is 0.131 e. The summed E-state index contributed by atoms with van der Waals surface area (Å²) in [6, 6.07) is 9.18. The molecule has 0 aliphatic rings. The van der Waals surface area contributed by atoms with Gasteiger partial charge in [-0.05, 0) is 35.7 Å². The van der Waals surface area contributed by atoms with Crippen LogP contribution in [0, 0.1) is 5.82 Å². The van der Waals surface area contributed by atoms with Crippen LogP contribution in [0.15, 0.2) is 35.7 Å². The summed E-state index contributed by atoms with van der Waals surface area (Å²) in [5.74, 6) is -0.150. The Labute approximate surface area is 98.9 Å². The fourth-order valence-electron chi connectivity index (χ4n) is 1.57. The van der Waals surface area contributed by atoms with Crippen LogP contribution in [-0.4, -0.2) is 6.54 Å². The van der Waals surface area contributed by atoms with Gasteiger partial charge in [0.1, 0.15) is 5.82 Å². The minimum Gasteiger partial charge on any atom is -0.313 e. The van der Waals surface area contributed by atoms with E-state index in [2.05, 4.69) is 12.2 Å². The second-order valence-corrected chi connectivity index (χ2v) is 4.52. The van der Waals surface area contributed by atoms with E-state index in [0.717, 1.165) is 23.5 Å². The second-order valence-electron chi connectivity index (χ2n) is 3.57. The van der Waals surface area contributed by atoms with Crippen LogP contribution in [0.1, 0.15) is 12.5 Å². The van der Waals surface area contributed by atoms with Crippen LogP contribution in [0.2, 0.25) is 0 Å². The molecule has 84 valence electrons. The molecule has 0 saturated carbocycles. The predicted molar refractivity (Wildman–Crippen MR) is 67.1 cm³/mol. The van der Waals surface area contributed by atoms with Crippen molar-refractivity contribution >= 4 is 11.3 Å². The lowest BCUT2D eigenvalue weighted by Gasteiger charge is -2.05. The highest BCUT2D eigenvalue weighted by Gasteiger charge is 2.06. The van der Waals surface area contributed by atoms with E-state index in [-0.39, 0.29) is 5.82 Å². The molecule has 1 heterocycles. The molecule has 2 rings (SSSR count). The van der Waals surface area contributed by atoms with Gasteiger partial charge in [0.2, 0.25) is 0 Å². The van der Waals surface area contributed by atoms with Gasteiger partial charge in [0, 0.05) is 17.0 Å². The Morgan fingerprint density at radius 2 is 2.19 bits per heavy atom. The molecule has 2 aromatic rings. The van der Waals surface area contributed by atoms with Crippen LogP contribution < -0.4 is 5.32 Å². The van der Waals surface area contributed by atoms with Crippen molar-refractivity contribution in [2.45, 2.75) is 13.5 Å². The average molecular weight is 235 g/mol. The molecule has 0 amide bonds. The van der Waals surface area contributed by atoms with E-state index < -0.39 is 0 Å². The normalized spacial score (nSPS) is 10.6. The summed E-state index contributed by atoms with van der Waals surface area (Å²) in [6.45, 7) is 3.77. The quantitative estimate of drug-likeness (QED) is 0.852. The number of rotatable bonds is 4. The van der Waals surface area contributed by atoms with Crippen LogP contribution in [0.3, 0.4) is 0 Å². The van der Waals surface area contributed by atoms with Gasteiger partial charge in [-0.25, -0.2) is 4.39 Å². The van der Waals surface area contributed by atoms with Crippen molar-refractivity contribution < 1.29 is 4.39 Å². The molecule has 0 atom stereocenters. The average Bonchev–Trinajstić information content (AvgIpc) is 2.81. The Morgan fingerprint density at radius 1 is 1.31 bits per heavy atom. The Morgan fingerprint density at radius 3 is 2.88 bits per heavy atom. The van der Waals surface area contributed by atoms with Gasteiger partial charge in [-0.3, -0.25) is 0 Å². The summed E-state index contributed by atoms with van der Waals surface area (Å²) in [5.41, 5.74) is 1.82. The lowest BCUT2D eigenvalue weighted by Crippen LogP contribution is -2.11. The molecule has 3 heteroatoms. The van der Waals surface area contributed by atoms with Gasteiger partial charge >= 0.3 is 0 Å². The minimum atomic E-state index is -0.150. The van der Waals surface area contributed by atoms with Crippen molar-refractivity contribution in [1.29, 1.82) is 0 Å². The van der Waals surface area contributed by atoms with E-state index in [0.29, 0.717) is 5.56 Å². The molecule has 1 N–H and O–H groups in total. The van der Waals surface area contributed by atoms with Crippen LogP contribution in [0.4, 0.5) is 4.39 Å². The van der Waals surface area contributed by atoms with Gasteiger partial charge in [-0.2, -0.15) is 0 Å². The van der Waals surface area contributed by atoms with Crippen molar-refractivity contribution in [2.75, 3.05) is 6.54 Å². The van der Waals surface area contributed by atoms with Gasteiger partial charge in [-0.15, -0.1) is 11.3 Å². The maximum absolute atomic E-state index is 13.6. The highest BCUT2D eigenvalue weighted by Crippen LogP contribution is 2.28. The highest BCUT2D eigenvalue weighted by atomic mass is 32.1. The number of halogens is 1. The fourth-order valence-corrected chi connectivity index (χ4v) is 2.32. The van der Waals surface area contributed by atoms with Crippen LogP contribution >= 0.6 is 11.3 Å².